The van der Waals surface area contributed by atoms with Crippen LogP contribution in [-0.2, 0) is 0 Å². The first kappa shape index (κ1) is 19.2. The van der Waals surface area contributed by atoms with E-state index in [1.807, 2.05) is 12.1 Å². The molecule has 0 atom stereocenters. The second-order valence-electron chi connectivity index (χ2n) is 10.3. The summed E-state index contributed by atoms with van der Waals surface area (Å²) in [5.41, 5.74) is 17.8. The lowest BCUT2D eigenvalue weighted by Crippen LogP contribution is -2.62. The molecular formula is C32H15B2N3. The molecule has 0 radical (unpaired) electrons. The molecule has 0 amide bonds. The lowest BCUT2D eigenvalue weighted by Gasteiger charge is -2.42. The van der Waals surface area contributed by atoms with Gasteiger partial charge >= 0.3 is 0 Å². The summed E-state index contributed by atoms with van der Waals surface area (Å²) in [5, 5.41) is 19.2. The van der Waals surface area contributed by atoms with E-state index >= 15 is 0 Å². The Labute approximate surface area is 215 Å². The van der Waals surface area contributed by atoms with Crippen molar-refractivity contribution in [3.8, 4) is 34.4 Å². The van der Waals surface area contributed by atoms with E-state index in [0.29, 0.717) is 11.1 Å². The van der Waals surface area contributed by atoms with E-state index in [9.17, 15) is 10.5 Å². The van der Waals surface area contributed by atoms with Gasteiger partial charge in [0.15, 0.2) is 0 Å². The first-order chi connectivity index (χ1) is 18.3. The third-order valence-corrected chi connectivity index (χ3v) is 8.74. The predicted octanol–water partition coefficient (Wildman–Crippen LogP) is 2.52. The number of nitrogens with zero attached hydrogens (tertiary/aromatic N) is 3. The Kier molecular flexibility index (Phi) is 3.33. The molecule has 9 rings (SSSR count). The van der Waals surface area contributed by atoms with Crippen molar-refractivity contribution >= 4 is 63.3 Å². The van der Waals surface area contributed by atoms with Crippen LogP contribution in [0, 0.1) is 22.7 Å². The first-order valence-corrected chi connectivity index (χ1v) is 12.6. The van der Waals surface area contributed by atoms with Crippen LogP contribution in [-0.4, -0.2) is 13.4 Å². The molecule has 4 heterocycles. The number of para-hydroxylation sites is 1. The minimum Gasteiger partial charge on any atom is -0.312 e. The van der Waals surface area contributed by atoms with Crippen molar-refractivity contribution in [2.24, 2.45) is 0 Å². The zero-order chi connectivity index (χ0) is 24.4. The van der Waals surface area contributed by atoms with Gasteiger partial charge in [0.1, 0.15) is 0 Å². The predicted molar refractivity (Wildman–Crippen MR) is 151 cm³/mol. The van der Waals surface area contributed by atoms with Gasteiger partial charge in [-0.15, -0.1) is 0 Å². The topological polar surface area (TPSA) is 50.8 Å². The lowest BCUT2D eigenvalue weighted by molar-refractivity contribution is 1.31. The molecular weight excluding hydrogens is 448 g/mol. The van der Waals surface area contributed by atoms with Gasteiger partial charge in [-0.1, -0.05) is 65.5 Å². The van der Waals surface area contributed by atoms with Crippen LogP contribution in [0.2, 0.25) is 0 Å². The van der Waals surface area contributed by atoms with Gasteiger partial charge in [0, 0.05) is 17.1 Å². The average Bonchev–Trinajstić information content (AvgIpc) is 3.47. The molecule has 0 N–H and O–H groups in total. The minimum atomic E-state index is 0.145. The molecule has 5 aromatic carbocycles. The zero-order valence-corrected chi connectivity index (χ0v) is 19.7. The van der Waals surface area contributed by atoms with Gasteiger partial charge in [-0.05, 0) is 80.5 Å². The number of nitriles is 2. The van der Waals surface area contributed by atoms with Crippen molar-refractivity contribution in [3.63, 3.8) is 0 Å². The maximum absolute atomic E-state index is 9.60. The molecule has 164 valence electrons. The minimum absolute atomic E-state index is 0.145. The van der Waals surface area contributed by atoms with Crippen molar-refractivity contribution in [2.75, 3.05) is 4.90 Å². The molecule has 0 aliphatic carbocycles. The number of anilines is 3. The van der Waals surface area contributed by atoms with Gasteiger partial charge in [-0.2, -0.15) is 10.5 Å². The number of rotatable bonds is 0. The fourth-order valence-electron chi connectivity index (χ4n) is 7.43. The van der Waals surface area contributed by atoms with Gasteiger partial charge in [0.2, 0.25) is 13.4 Å². The summed E-state index contributed by atoms with van der Waals surface area (Å²) in [4.78, 5) is 2.48. The van der Waals surface area contributed by atoms with E-state index in [1.165, 1.54) is 72.1 Å². The second-order valence-corrected chi connectivity index (χ2v) is 10.3. The first-order valence-electron chi connectivity index (χ1n) is 12.6. The Morgan fingerprint density at radius 3 is 1.49 bits per heavy atom. The van der Waals surface area contributed by atoms with Crippen molar-refractivity contribution in [3.05, 3.63) is 102 Å². The molecule has 0 fully saturated rings. The van der Waals surface area contributed by atoms with Crippen LogP contribution in [0.15, 0.2) is 91.0 Å². The van der Waals surface area contributed by atoms with E-state index in [-0.39, 0.29) is 13.4 Å². The molecule has 5 heteroatoms. The third kappa shape index (κ3) is 2.12. The van der Waals surface area contributed by atoms with Crippen LogP contribution in [0.5, 0.6) is 0 Å². The molecule has 0 spiro atoms. The largest absolute Gasteiger partial charge is 0.312 e. The summed E-state index contributed by atoms with van der Waals surface area (Å²) in [7, 11) is 0. The van der Waals surface area contributed by atoms with Gasteiger partial charge in [0.05, 0.1) is 23.3 Å². The molecule has 37 heavy (non-hydrogen) atoms. The third-order valence-electron chi connectivity index (χ3n) is 8.74. The normalized spacial score (nSPS) is 13.7. The number of benzene rings is 5. The highest BCUT2D eigenvalue weighted by molar-refractivity contribution is 7.05. The SMILES string of the molecule is N#Cc1ccc2c(c1)-c1cccc3c1B2c1cccc2c1N3c1cccc3c1B2c1ccc(C#N)cc1-3. The Hall–Kier alpha value is -4.99. The lowest BCUT2D eigenvalue weighted by atomic mass is 9.32. The fraction of sp³-hybridized carbons (Fsp3) is 0. The highest BCUT2D eigenvalue weighted by Crippen LogP contribution is 2.43. The second kappa shape index (κ2) is 6.41. The highest BCUT2D eigenvalue weighted by Gasteiger charge is 2.49. The van der Waals surface area contributed by atoms with E-state index in [4.69, 9.17) is 0 Å². The smallest absolute Gasteiger partial charge is 0.248 e. The monoisotopic (exact) mass is 463 g/mol. The van der Waals surface area contributed by atoms with Crippen LogP contribution in [0.25, 0.3) is 22.3 Å². The number of fused-ring (bicyclic) bond motifs is 10. The molecule has 0 saturated carbocycles. The maximum Gasteiger partial charge on any atom is 0.248 e. The summed E-state index contributed by atoms with van der Waals surface area (Å²) in [6, 6.07) is 37.0. The standard InChI is InChI=1S/C32H15B2N3/c35-16-18-10-12-24-22(14-18)20-4-1-8-28-30(20)33(24)26-6-3-7-27-32(26)37(28)29-9-2-5-21-23-15-19(17-36)11-13-25(23)34(27)31(21)29/h1-15H. The van der Waals surface area contributed by atoms with E-state index in [0.717, 1.165) is 0 Å². The summed E-state index contributed by atoms with van der Waals surface area (Å²) in [5.74, 6) is 0. The molecule has 0 aromatic heterocycles. The van der Waals surface area contributed by atoms with Crippen molar-refractivity contribution < 1.29 is 0 Å². The molecule has 0 unspecified atom stereocenters. The van der Waals surface area contributed by atoms with Crippen LogP contribution >= 0.6 is 0 Å². The van der Waals surface area contributed by atoms with E-state index < -0.39 is 0 Å². The molecule has 5 aromatic rings. The average molecular weight is 463 g/mol. The Morgan fingerprint density at radius 1 is 0.514 bits per heavy atom. The maximum atomic E-state index is 9.60. The van der Waals surface area contributed by atoms with Crippen molar-refractivity contribution in [1.29, 1.82) is 10.5 Å². The molecule has 0 bridgehead atoms. The molecule has 3 nitrogen and oxygen atoms in total. The van der Waals surface area contributed by atoms with Crippen LogP contribution in [0.3, 0.4) is 0 Å². The van der Waals surface area contributed by atoms with Gasteiger partial charge < -0.3 is 4.90 Å². The van der Waals surface area contributed by atoms with Crippen molar-refractivity contribution in [2.45, 2.75) is 0 Å². The Balaban J connectivity index is 1.41. The van der Waals surface area contributed by atoms with Crippen LogP contribution in [0.1, 0.15) is 11.1 Å². The molecule has 4 aliphatic rings. The molecule has 4 aliphatic heterocycles. The van der Waals surface area contributed by atoms with E-state index in [1.54, 1.807) is 0 Å². The number of hydrogen-bond donors (Lipinski definition) is 0. The van der Waals surface area contributed by atoms with Crippen LogP contribution < -0.4 is 37.7 Å². The highest BCUT2D eigenvalue weighted by atomic mass is 15.2. The van der Waals surface area contributed by atoms with Crippen molar-refractivity contribution in [1.82, 2.24) is 0 Å². The Bertz CT molecular complexity index is 1860. The number of hydrogen-bond acceptors (Lipinski definition) is 3. The Morgan fingerprint density at radius 2 is 1.00 bits per heavy atom. The summed E-state index contributed by atoms with van der Waals surface area (Å²) in [6.45, 7) is 0.290. The quantitative estimate of drug-likeness (QED) is 0.325. The fourth-order valence-corrected chi connectivity index (χ4v) is 7.43. The molecule has 0 saturated heterocycles. The van der Waals surface area contributed by atoms with Crippen LogP contribution in [0.4, 0.5) is 17.1 Å². The summed E-state index contributed by atoms with van der Waals surface area (Å²) in [6.07, 6.45) is 0. The summed E-state index contributed by atoms with van der Waals surface area (Å²) < 4.78 is 0. The van der Waals surface area contributed by atoms with Gasteiger partial charge in [0.25, 0.3) is 0 Å². The zero-order valence-electron chi connectivity index (χ0n) is 19.7. The van der Waals surface area contributed by atoms with Gasteiger partial charge in [-0.25, -0.2) is 0 Å². The van der Waals surface area contributed by atoms with E-state index in [2.05, 4.69) is 95.9 Å². The summed E-state index contributed by atoms with van der Waals surface area (Å²) >= 11 is 0. The van der Waals surface area contributed by atoms with Gasteiger partial charge in [-0.3, -0.25) is 0 Å².